The molecule has 3 nitrogen and oxygen atoms in total. The molecule has 19 heavy (non-hydrogen) atoms. The Morgan fingerprint density at radius 1 is 1.21 bits per heavy atom. The maximum atomic E-state index is 5.40. The SMILES string of the molecule is Cc1ccc(CN)cc1.Cn1ccn(C2CC2)[c]1=[Pt]. The average molecular weight is 438 g/mol. The number of rotatable bonds is 2. The molecule has 1 aliphatic rings. The minimum absolute atomic E-state index is 0.639. The molecule has 106 valence electrons. The van der Waals surface area contributed by atoms with Crippen molar-refractivity contribution in [2.45, 2.75) is 32.4 Å². The molecule has 0 bridgehead atoms. The number of aromatic nitrogens is 2. The van der Waals surface area contributed by atoms with Crippen molar-refractivity contribution >= 4 is 0 Å². The second-order valence-corrected chi connectivity index (χ2v) is 5.99. The van der Waals surface area contributed by atoms with Crippen LogP contribution >= 0.6 is 0 Å². The second-order valence-electron chi connectivity index (χ2n) is 4.98. The standard InChI is InChI=1S/C8H11N.C7H10N2.Pt/c1-7-2-4-8(6-9)5-3-7;1-8-4-5-9(6-8)7-2-3-7;/h2-5H,6,9H2,1H3;4-5,7H,2-3H2,1H3;. The molecule has 1 heterocycles. The van der Waals surface area contributed by atoms with Gasteiger partial charge in [-0.1, -0.05) is 29.8 Å². The third kappa shape index (κ3) is 4.02. The number of imidazole rings is 1. The van der Waals surface area contributed by atoms with Crippen LogP contribution in [0.25, 0.3) is 0 Å². The van der Waals surface area contributed by atoms with Crippen molar-refractivity contribution < 1.29 is 19.4 Å². The molecule has 0 amide bonds. The van der Waals surface area contributed by atoms with Crippen LogP contribution in [0.2, 0.25) is 0 Å². The van der Waals surface area contributed by atoms with Crippen molar-refractivity contribution in [3.63, 3.8) is 0 Å². The van der Waals surface area contributed by atoms with Gasteiger partial charge in [-0.15, -0.1) is 0 Å². The number of hydrogen-bond acceptors (Lipinski definition) is 1. The third-order valence-electron chi connectivity index (χ3n) is 3.21. The molecule has 0 aliphatic heterocycles. The monoisotopic (exact) mass is 438 g/mol. The first-order chi connectivity index (χ1) is 9.11. The molecule has 0 unspecified atom stereocenters. The van der Waals surface area contributed by atoms with Crippen molar-refractivity contribution in [2.75, 3.05) is 0 Å². The molecule has 0 atom stereocenters. The molecule has 0 saturated heterocycles. The van der Waals surface area contributed by atoms with Crippen LogP contribution in [0.15, 0.2) is 36.7 Å². The van der Waals surface area contributed by atoms with Gasteiger partial charge in [0.05, 0.1) is 0 Å². The van der Waals surface area contributed by atoms with Crippen LogP contribution in [0.5, 0.6) is 0 Å². The molecular weight excluding hydrogens is 417 g/mol. The first-order valence-corrected chi connectivity index (χ1v) is 7.70. The molecule has 0 spiro atoms. The van der Waals surface area contributed by atoms with E-state index in [-0.39, 0.29) is 0 Å². The maximum absolute atomic E-state index is 5.40. The number of nitrogens with two attached hydrogens (primary N) is 1. The molecule has 4 heteroatoms. The summed E-state index contributed by atoms with van der Waals surface area (Å²) < 4.78 is 5.84. The Morgan fingerprint density at radius 3 is 2.26 bits per heavy atom. The van der Waals surface area contributed by atoms with Crippen LogP contribution in [0.3, 0.4) is 0 Å². The number of benzene rings is 1. The Bertz CT molecular complexity index is 576. The van der Waals surface area contributed by atoms with Gasteiger partial charge in [0.2, 0.25) is 0 Å². The van der Waals surface area contributed by atoms with Gasteiger partial charge in [-0.25, -0.2) is 0 Å². The summed E-state index contributed by atoms with van der Waals surface area (Å²) in [5, 5.41) is 0. The quantitative estimate of drug-likeness (QED) is 0.769. The van der Waals surface area contributed by atoms with E-state index in [0.717, 1.165) is 6.04 Å². The summed E-state index contributed by atoms with van der Waals surface area (Å²) in [7, 11) is 2.08. The first-order valence-electron chi connectivity index (χ1n) is 6.56. The van der Waals surface area contributed by atoms with Gasteiger partial charge in [-0.05, 0) is 12.5 Å². The molecule has 1 fully saturated rings. The van der Waals surface area contributed by atoms with E-state index < -0.39 is 0 Å². The predicted molar refractivity (Wildman–Crippen MR) is 74.0 cm³/mol. The Kier molecular flexibility index (Phi) is 4.95. The normalized spacial score (nSPS) is 13.9. The van der Waals surface area contributed by atoms with E-state index in [2.05, 4.69) is 79.1 Å². The Hall–Kier alpha value is -0.922. The summed E-state index contributed by atoms with van der Waals surface area (Å²) >= 11 is 2.37. The van der Waals surface area contributed by atoms with Gasteiger partial charge in [0.1, 0.15) is 0 Å². The number of aryl methyl sites for hydroxylation is 2. The average Bonchev–Trinajstić information content (AvgIpc) is 3.20. The van der Waals surface area contributed by atoms with Crippen LogP contribution in [0, 0.1) is 10.7 Å². The summed E-state index contributed by atoms with van der Waals surface area (Å²) in [6, 6.07) is 9.06. The Morgan fingerprint density at radius 2 is 1.84 bits per heavy atom. The van der Waals surface area contributed by atoms with Gasteiger partial charge in [-0.3, -0.25) is 0 Å². The topological polar surface area (TPSA) is 35.9 Å². The Balaban J connectivity index is 0.000000141. The summed E-state index contributed by atoms with van der Waals surface area (Å²) in [4.78, 5) is 0. The molecule has 1 aliphatic carbocycles. The number of nitrogens with zero attached hydrogens (tertiary/aromatic N) is 2. The van der Waals surface area contributed by atoms with Crippen LogP contribution in [-0.2, 0) is 32.9 Å². The molecule has 2 aromatic rings. The Labute approximate surface area is 125 Å². The fourth-order valence-corrected chi connectivity index (χ4v) is 2.56. The zero-order chi connectivity index (χ0) is 13.8. The molecule has 1 saturated carbocycles. The molecule has 0 radical (unpaired) electrons. The van der Waals surface area contributed by atoms with Crippen LogP contribution in [-0.4, -0.2) is 9.13 Å². The summed E-state index contributed by atoms with van der Waals surface area (Å²) in [6.07, 6.45) is 7.01. The zero-order valence-corrected chi connectivity index (χ0v) is 13.7. The fraction of sp³-hybridized carbons (Fsp3) is 0.400. The molecule has 1 aromatic heterocycles. The van der Waals surface area contributed by atoms with Gasteiger partial charge in [0.15, 0.2) is 0 Å². The van der Waals surface area contributed by atoms with Crippen molar-refractivity contribution in [3.8, 4) is 0 Å². The third-order valence-corrected chi connectivity index (χ3v) is 4.60. The van der Waals surface area contributed by atoms with E-state index >= 15 is 0 Å². The zero-order valence-electron chi connectivity index (χ0n) is 11.5. The van der Waals surface area contributed by atoms with Gasteiger partial charge in [-0.2, -0.15) is 0 Å². The second kappa shape index (κ2) is 6.49. The van der Waals surface area contributed by atoms with E-state index in [9.17, 15) is 0 Å². The molecule has 2 N–H and O–H groups in total. The fourth-order valence-electron chi connectivity index (χ4n) is 1.81. The minimum atomic E-state index is 0.639. The van der Waals surface area contributed by atoms with Crippen LogP contribution < -0.4 is 5.73 Å². The van der Waals surface area contributed by atoms with E-state index in [4.69, 9.17) is 5.73 Å². The van der Waals surface area contributed by atoms with E-state index in [1.54, 1.807) is 0 Å². The van der Waals surface area contributed by atoms with Crippen LogP contribution in [0.1, 0.15) is 30.0 Å². The van der Waals surface area contributed by atoms with Crippen molar-refractivity contribution in [3.05, 3.63) is 51.6 Å². The van der Waals surface area contributed by atoms with E-state index in [1.165, 1.54) is 27.8 Å². The molecule has 1 aromatic carbocycles. The predicted octanol–water partition coefficient (Wildman–Crippen LogP) is 2.69. The summed E-state index contributed by atoms with van der Waals surface area (Å²) in [5.74, 6) is 0. The van der Waals surface area contributed by atoms with Gasteiger partial charge < -0.3 is 5.73 Å². The van der Waals surface area contributed by atoms with Crippen molar-refractivity contribution in [1.29, 1.82) is 0 Å². The summed E-state index contributed by atoms with van der Waals surface area (Å²) in [5.41, 5.74) is 7.88. The van der Waals surface area contributed by atoms with E-state index in [0.29, 0.717) is 6.54 Å². The molecular formula is C15H21N3Pt. The van der Waals surface area contributed by atoms with Crippen molar-refractivity contribution in [1.82, 2.24) is 9.13 Å². The number of hydrogen-bond donors (Lipinski definition) is 1. The molecule has 3 rings (SSSR count). The summed E-state index contributed by atoms with van der Waals surface area (Å²) in [6.45, 7) is 2.71. The van der Waals surface area contributed by atoms with Crippen LogP contribution in [0.4, 0.5) is 0 Å². The first kappa shape index (κ1) is 14.5. The van der Waals surface area contributed by atoms with Gasteiger partial charge in [0, 0.05) is 6.54 Å². The van der Waals surface area contributed by atoms with E-state index in [1.807, 2.05) is 0 Å². The van der Waals surface area contributed by atoms with Gasteiger partial charge in [0.25, 0.3) is 0 Å². The van der Waals surface area contributed by atoms with Crippen molar-refractivity contribution in [2.24, 2.45) is 12.8 Å². The van der Waals surface area contributed by atoms with Gasteiger partial charge >= 0.3 is 70.6 Å².